The normalized spacial score (nSPS) is 20.5. The minimum absolute atomic E-state index is 0.0102. The van der Waals surface area contributed by atoms with Gasteiger partial charge in [-0.3, -0.25) is 14.8 Å². The van der Waals surface area contributed by atoms with Gasteiger partial charge in [0.1, 0.15) is 5.75 Å². The summed E-state index contributed by atoms with van der Waals surface area (Å²) in [6.45, 7) is 2.19. The van der Waals surface area contributed by atoms with Crippen LogP contribution in [0.5, 0.6) is 11.5 Å². The molecule has 2 fully saturated rings. The second kappa shape index (κ2) is 12.4. The van der Waals surface area contributed by atoms with Gasteiger partial charge in [0.2, 0.25) is 0 Å². The van der Waals surface area contributed by atoms with Crippen molar-refractivity contribution in [2.45, 2.75) is 57.5 Å². The number of hydrogen-bond donors (Lipinski definition) is 2. The first kappa shape index (κ1) is 29.2. The number of aromatic nitrogens is 2. The van der Waals surface area contributed by atoms with Crippen molar-refractivity contribution in [2.24, 2.45) is 11.8 Å². The van der Waals surface area contributed by atoms with E-state index in [-0.39, 0.29) is 29.5 Å². The van der Waals surface area contributed by atoms with E-state index in [0.29, 0.717) is 34.5 Å². The number of anilines is 1. The number of nitrogens with zero attached hydrogens (tertiary/aromatic N) is 3. The van der Waals surface area contributed by atoms with Gasteiger partial charge in [-0.05, 0) is 88.9 Å². The van der Waals surface area contributed by atoms with Crippen molar-refractivity contribution in [3.63, 3.8) is 0 Å². The molecule has 1 aromatic carbocycles. The number of nitrogens with one attached hydrogen (secondary N) is 2. The molecule has 4 aromatic rings. The molecule has 224 valence electrons. The van der Waals surface area contributed by atoms with Gasteiger partial charge in [-0.15, -0.1) is 11.3 Å². The highest BCUT2D eigenvalue weighted by atomic mass is 32.1. The molecule has 2 amide bonds. The van der Waals surface area contributed by atoms with Crippen molar-refractivity contribution in [3.05, 3.63) is 66.2 Å². The Balaban J connectivity index is 1.16. The van der Waals surface area contributed by atoms with Gasteiger partial charge >= 0.3 is 6.03 Å². The Morgan fingerprint density at radius 1 is 0.977 bits per heavy atom. The zero-order chi connectivity index (χ0) is 30.1. The first-order valence-corrected chi connectivity index (χ1v) is 15.7. The lowest BCUT2D eigenvalue weighted by molar-refractivity contribution is 0.0870. The largest absolute Gasteiger partial charge is 0.453 e. The summed E-state index contributed by atoms with van der Waals surface area (Å²) >= 11 is 1.45. The predicted molar refractivity (Wildman–Crippen MR) is 167 cm³/mol. The van der Waals surface area contributed by atoms with E-state index in [9.17, 15) is 14.0 Å². The fourth-order valence-corrected chi connectivity index (χ4v) is 6.79. The number of amides is 2. The molecule has 8 nitrogen and oxygen atoms in total. The fraction of sp³-hybridized carbons (Fsp3) is 0.394. The maximum absolute atomic E-state index is 14.9. The zero-order valence-corrected chi connectivity index (χ0v) is 25.4. The average molecular weight is 602 g/mol. The third kappa shape index (κ3) is 6.70. The summed E-state index contributed by atoms with van der Waals surface area (Å²) in [5.74, 6) is 0.447. The molecule has 3 heterocycles. The van der Waals surface area contributed by atoms with Crippen molar-refractivity contribution in [1.82, 2.24) is 20.2 Å². The topological polar surface area (TPSA) is 96.5 Å². The molecular formula is C33H36FN5O3S. The van der Waals surface area contributed by atoms with E-state index < -0.39 is 5.82 Å². The summed E-state index contributed by atoms with van der Waals surface area (Å²) in [5.41, 5.74) is 2.43. The lowest BCUT2D eigenvalue weighted by Crippen LogP contribution is -2.30. The molecule has 0 spiro atoms. The van der Waals surface area contributed by atoms with Crippen LogP contribution in [0.2, 0.25) is 0 Å². The number of benzene rings is 1. The lowest BCUT2D eigenvalue weighted by Gasteiger charge is -2.22. The van der Waals surface area contributed by atoms with Crippen molar-refractivity contribution in [1.29, 1.82) is 0 Å². The number of rotatable bonds is 8. The smallest absolute Gasteiger partial charge is 0.319 e. The van der Waals surface area contributed by atoms with Gasteiger partial charge in [-0.2, -0.15) is 0 Å². The summed E-state index contributed by atoms with van der Waals surface area (Å²) in [6, 6.07) is 12.1. The molecule has 0 aliphatic heterocycles. The van der Waals surface area contributed by atoms with Gasteiger partial charge in [0.25, 0.3) is 0 Å². The monoisotopic (exact) mass is 601 g/mol. The number of halogens is 1. The molecule has 2 aliphatic carbocycles. The molecule has 0 bridgehead atoms. The number of ketones is 1. The van der Waals surface area contributed by atoms with Crippen molar-refractivity contribution in [3.8, 4) is 22.1 Å². The van der Waals surface area contributed by atoms with Gasteiger partial charge in [-0.25, -0.2) is 9.18 Å². The molecule has 3 atom stereocenters. The molecule has 0 radical (unpaired) electrons. The zero-order valence-electron chi connectivity index (χ0n) is 24.6. The van der Waals surface area contributed by atoms with Gasteiger partial charge in [0, 0.05) is 53.8 Å². The van der Waals surface area contributed by atoms with Crippen LogP contribution in [0.1, 0.15) is 55.8 Å². The Labute approximate surface area is 254 Å². The number of hydrogen-bond acceptors (Lipinski definition) is 7. The Morgan fingerprint density at radius 3 is 2.51 bits per heavy atom. The number of carbonyl (C=O) groups is 2. The SMILES string of the molecule is CC1CCC(N(C)C)CCC1C(=O)c1ccc(-c2cc3nccc(Oc4ccc(NC(=O)NC5CC5)cc4F)c3s2)nc1. The minimum atomic E-state index is -0.590. The number of fused-ring (bicyclic) bond motifs is 1. The van der Waals surface area contributed by atoms with Gasteiger partial charge in [-0.1, -0.05) is 6.92 Å². The highest BCUT2D eigenvalue weighted by molar-refractivity contribution is 7.22. The van der Waals surface area contributed by atoms with Crippen LogP contribution >= 0.6 is 11.3 Å². The highest BCUT2D eigenvalue weighted by Crippen LogP contribution is 2.40. The third-order valence-electron chi connectivity index (χ3n) is 8.52. The Bertz CT molecular complexity index is 1640. The standard InChI is InChI=1S/C33H36FN5O3S/c1-19-4-9-23(39(2)3)10-11-24(19)31(40)20-5-12-26(36-18-20)30-17-27-32(43-30)29(14-15-35-27)42-28-13-8-22(16-25(28)34)38-33(41)37-21-6-7-21/h5,8,12-19,21,23-24H,4,6-7,9-11H2,1-3H3,(H2,37,38,41). The van der Waals surface area contributed by atoms with Crippen LogP contribution in [-0.2, 0) is 0 Å². The first-order chi connectivity index (χ1) is 20.7. The quantitative estimate of drug-likeness (QED) is 0.160. The Morgan fingerprint density at radius 2 is 1.79 bits per heavy atom. The summed E-state index contributed by atoms with van der Waals surface area (Å²) in [5, 5.41) is 5.46. The van der Waals surface area contributed by atoms with Crippen molar-refractivity contribution in [2.75, 3.05) is 19.4 Å². The van der Waals surface area contributed by atoms with E-state index in [4.69, 9.17) is 4.74 Å². The van der Waals surface area contributed by atoms with Crippen LogP contribution in [0.25, 0.3) is 20.8 Å². The maximum Gasteiger partial charge on any atom is 0.319 e. The third-order valence-corrected chi connectivity index (χ3v) is 9.68. The molecule has 6 rings (SSSR count). The van der Waals surface area contributed by atoms with E-state index in [1.165, 1.54) is 23.5 Å². The van der Waals surface area contributed by atoms with Crippen LogP contribution in [0.15, 0.2) is 54.9 Å². The summed E-state index contributed by atoms with van der Waals surface area (Å²) in [7, 11) is 4.23. The van der Waals surface area contributed by atoms with Gasteiger partial charge < -0.3 is 20.3 Å². The molecular weight excluding hydrogens is 565 g/mol. The second-order valence-corrected chi connectivity index (χ2v) is 13.0. The van der Waals surface area contributed by atoms with Gasteiger partial charge in [0.05, 0.1) is 20.8 Å². The van der Waals surface area contributed by atoms with Crippen LogP contribution in [-0.4, -0.2) is 52.9 Å². The highest BCUT2D eigenvalue weighted by Gasteiger charge is 2.31. The Kier molecular flexibility index (Phi) is 8.41. The number of urea groups is 1. The number of thiophene rings is 1. The van der Waals surface area contributed by atoms with E-state index in [1.807, 2.05) is 18.2 Å². The van der Waals surface area contributed by atoms with E-state index in [0.717, 1.165) is 53.8 Å². The molecule has 43 heavy (non-hydrogen) atoms. The average Bonchev–Trinajstić information content (AvgIpc) is 3.73. The first-order valence-electron chi connectivity index (χ1n) is 14.9. The molecule has 10 heteroatoms. The van der Waals surface area contributed by atoms with Gasteiger partial charge in [0.15, 0.2) is 17.3 Å². The molecule has 3 unspecified atom stereocenters. The number of pyridine rings is 2. The number of carbonyl (C=O) groups excluding carboxylic acids is 2. The van der Waals surface area contributed by atoms with E-state index in [2.05, 4.69) is 46.5 Å². The Hall–Kier alpha value is -3.89. The molecule has 3 aromatic heterocycles. The second-order valence-electron chi connectivity index (χ2n) is 11.9. The van der Waals surface area contributed by atoms with Crippen LogP contribution in [0.3, 0.4) is 0 Å². The predicted octanol–water partition coefficient (Wildman–Crippen LogP) is 7.51. The van der Waals surface area contributed by atoms with Crippen molar-refractivity contribution >= 4 is 39.1 Å². The minimum Gasteiger partial charge on any atom is -0.453 e. The summed E-state index contributed by atoms with van der Waals surface area (Å²) in [4.78, 5) is 37.7. The lowest BCUT2D eigenvalue weighted by atomic mass is 9.84. The molecule has 2 aliphatic rings. The number of Topliss-reactive ketones (excluding diaryl/α,β-unsaturated/α-hetero) is 1. The van der Waals surface area contributed by atoms with E-state index in [1.54, 1.807) is 24.5 Å². The summed E-state index contributed by atoms with van der Waals surface area (Å²) < 4.78 is 21.6. The molecule has 2 N–H and O–H groups in total. The van der Waals surface area contributed by atoms with Crippen LogP contribution < -0.4 is 15.4 Å². The van der Waals surface area contributed by atoms with Crippen molar-refractivity contribution < 1.29 is 18.7 Å². The fourth-order valence-electron chi connectivity index (χ4n) is 5.74. The summed E-state index contributed by atoms with van der Waals surface area (Å²) in [6.07, 6.45) is 9.33. The number of ether oxygens (including phenoxy) is 1. The van der Waals surface area contributed by atoms with Crippen LogP contribution in [0, 0.1) is 17.7 Å². The van der Waals surface area contributed by atoms with E-state index >= 15 is 0 Å². The maximum atomic E-state index is 14.9. The van der Waals surface area contributed by atoms with Crippen LogP contribution in [0.4, 0.5) is 14.9 Å². The molecule has 0 saturated heterocycles. The molecule has 2 saturated carbocycles.